The molecule has 3 aromatic rings. The molecular formula is C25H33N7O5. The molecule has 0 aliphatic rings. The Hall–Kier alpha value is -4.35. The van der Waals surface area contributed by atoms with Crippen LogP contribution >= 0.6 is 0 Å². The fourth-order valence-electron chi connectivity index (χ4n) is 3.75. The van der Waals surface area contributed by atoms with Gasteiger partial charge in [-0.1, -0.05) is 12.1 Å². The normalized spacial score (nSPS) is 12.2. The third kappa shape index (κ3) is 7.82. The molecule has 0 radical (unpaired) electrons. The first-order valence-corrected chi connectivity index (χ1v) is 11.9. The van der Waals surface area contributed by atoms with E-state index in [1.807, 2.05) is 18.3 Å². The van der Waals surface area contributed by atoms with Crippen molar-refractivity contribution in [3.8, 4) is 0 Å². The number of aliphatic carboxylic acids is 1. The minimum Gasteiger partial charge on any atom is -0.480 e. The van der Waals surface area contributed by atoms with Gasteiger partial charge in [0.25, 0.3) is 5.91 Å². The molecule has 2 aromatic heterocycles. The van der Waals surface area contributed by atoms with Crippen LogP contribution in [-0.2, 0) is 22.4 Å². The first-order valence-electron chi connectivity index (χ1n) is 11.9. The van der Waals surface area contributed by atoms with Gasteiger partial charge in [-0.2, -0.15) is 9.97 Å². The van der Waals surface area contributed by atoms with Crippen molar-refractivity contribution in [3.63, 3.8) is 0 Å². The highest BCUT2D eigenvalue weighted by Crippen LogP contribution is 2.24. The molecule has 2 heterocycles. The minimum atomic E-state index is -1.15. The SMILES string of the molecule is CC(C)(C)OC(=O)NCCC[C@H](NC(=O)c1ccc(CCc2c[nH]c3nc(N)nc(N)c23)cc1)C(=O)O. The maximum Gasteiger partial charge on any atom is 0.407 e. The topological polar surface area (TPSA) is 198 Å². The van der Waals surface area contributed by atoms with E-state index in [1.54, 1.807) is 32.9 Å². The predicted octanol–water partition coefficient (Wildman–Crippen LogP) is 2.40. The van der Waals surface area contributed by atoms with E-state index in [1.165, 1.54) is 0 Å². The molecule has 0 aliphatic heterocycles. The van der Waals surface area contributed by atoms with E-state index in [9.17, 15) is 19.5 Å². The van der Waals surface area contributed by atoms with Gasteiger partial charge in [0.15, 0.2) is 0 Å². The van der Waals surface area contributed by atoms with Crippen LogP contribution in [0.4, 0.5) is 16.6 Å². The van der Waals surface area contributed by atoms with Crippen LogP contribution in [0.1, 0.15) is 55.1 Å². The number of hydrogen-bond acceptors (Lipinski definition) is 8. The number of alkyl carbamates (subject to hydrolysis) is 1. The lowest BCUT2D eigenvalue weighted by atomic mass is 10.0. The number of aromatic amines is 1. The van der Waals surface area contributed by atoms with Gasteiger partial charge in [0.2, 0.25) is 5.95 Å². The van der Waals surface area contributed by atoms with Crippen LogP contribution in [0.15, 0.2) is 30.5 Å². The molecule has 0 saturated heterocycles. The van der Waals surface area contributed by atoms with Gasteiger partial charge in [-0.25, -0.2) is 9.59 Å². The zero-order valence-electron chi connectivity index (χ0n) is 21.1. The number of nitrogen functional groups attached to an aromatic ring is 2. The standard InChI is InChI=1S/C25H33N7O5/c1-25(2,3)37-24(36)28-12-4-5-17(22(34)35)30-21(33)15-9-6-14(7-10-15)8-11-16-13-29-20-18(16)19(26)31-23(27)32-20/h6-7,9-10,13,17H,4-5,8,11-12H2,1-3H3,(H,28,36)(H,30,33)(H,34,35)(H5,26,27,29,31,32)/t17-/m0/s1. The lowest BCUT2D eigenvalue weighted by Gasteiger charge is -2.20. The first kappa shape index (κ1) is 27.2. The molecule has 2 amide bonds. The monoisotopic (exact) mass is 511 g/mol. The van der Waals surface area contributed by atoms with Crippen molar-refractivity contribution in [1.82, 2.24) is 25.6 Å². The van der Waals surface area contributed by atoms with Gasteiger partial charge in [0.05, 0.1) is 5.39 Å². The van der Waals surface area contributed by atoms with Gasteiger partial charge in [-0.05, 0) is 69.7 Å². The molecule has 12 heteroatoms. The van der Waals surface area contributed by atoms with E-state index in [4.69, 9.17) is 16.2 Å². The highest BCUT2D eigenvalue weighted by Gasteiger charge is 2.21. The van der Waals surface area contributed by atoms with Crippen molar-refractivity contribution in [2.24, 2.45) is 0 Å². The summed E-state index contributed by atoms with van der Waals surface area (Å²) in [5.41, 5.74) is 13.9. The molecular weight excluding hydrogens is 478 g/mol. The summed E-state index contributed by atoms with van der Waals surface area (Å²) in [6, 6.07) is 5.86. The fraction of sp³-hybridized carbons (Fsp3) is 0.400. The third-order valence-corrected chi connectivity index (χ3v) is 5.50. The molecule has 3 rings (SSSR count). The second-order valence-corrected chi connectivity index (χ2v) is 9.64. The molecule has 0 aliphatic carbocycles. The van der Waals surface area contributed by atoms with Crippen molar-refractivity contribution in [2.75, 3.05) is 18.0 Å². The molecule has 1 aromatic carbocycles. The van der Waals surface area contributed by atoms with E-state index < -0.39 is 29.6 Å². The Morgan fingerprint density at radius 2 is 1.81 bits per heavy atom. The molecule has 0 saturated carbocycles. The van der Waals surface area contributed by atoms with Crippen molar-refractivity contribution in [1.29, 1.82) is 0 Å². The van der Waals surface area contributed by atoms with E-state index in [0.717, 1.165) is 16.5 Å². The van der Waals surface area contributed by atoms with Crippen LogP contribution < -0.4 is 22.1 Å². The number of nitrogens with two attached hydrogens (primary N) is 2. The summed E-state index contributed by atoms with van der Waals surface area (Å²) >= 11 is 0. The number of nitrogens with one attached hydrogen (secondary N) is 3. The third-order valence-electron chi connectivity index (χ3n) is 5.50. The van der Waals surface area contributed by atoms with Crippen LogP contribution in [-0.4, -0.2) is 56.2 Å². The predicted molar refractivity (Wildman–Crippen MR) is 139 cm³/mol. The molecule has 37 heavy (non-hydrogen) atoms. The molecule has 12 nitrogen and oxygen atoms in total. The number of amides is 2. The number of carbonyl (C=O) groups is 3. The number of carboxylic acids is 1. The summed E-state index contributed by atoms with van der Waals surface area (Å²) in [5.74, 6) is -1.21. The highest BCUT2D eigenvalue weighted by molar-refractivity contribution is 5.96. The van der Waals surface area contributed by atoms with E-state index in [0.29, 0.717) is 36.3 Å². The number of anilines is 2. The van der Waals surface area contributed by atoms with Gasteiger partial charge in [-0.3, -0.25) is 4.79 Å². The Morgan fingerprint density at radius 3 is 2.46 bits per heavy atom. The molecule has 198 valence electrons. The number of hydrogen-bond donors (Lipinski definition) is 6. The maximum atomic E-state index is 12.6. The number of carboxylic acid groups (broad SMARTS) is 1. The summed E-state index contributed by atoms with van der Waals surface area (Å²) in [6.07, 6.45) is 3.10. The quantitative estimate of drug-likeness (QED) is 0.221. The van der Waals surface area contributed by atoms with Gasteiger partial charge < -0.3 is 36.9 Å². The Balaban J connectivity index is 1.51. The van der Waals surface area contributed by atoms with Crippen LogP contribution in [0.3, 0.4) is 0 Å². The van der Waals surface area contributed by atoms with E-state index in [2.05, 4.69) is 25.6 Å². The van der Waals surface area contributed by atoms with E-state index >= 15 is 0 Å². The summed E-state index contributed by atoms with van der Waals surface area (Å²) in [5, 5.41) is 15.3. The zero-order chi connectivity index (χ0) is 27.2. The molecule has 0 bridgehead atoms. The number of nitrogens with zero attached hydrogens (tertiary/aromatic N) is 2. The Labute approximate surface area is 214 Å². The summed E-state index contributed by atoms with van der Waals surface area (Å²) < 4.78 is 5.14. The summed E-state index contributed by atoms with van der Waals surface area (Å²) in [7, 11) is 0. The number of benzene rings is 1. The van der Waals surface area contributed by atoms with Gasteiger partial charge in [0, 0.05) is 18.3 Å². The highest BCUT2D eigenvalue weighted by atomic mass is 16.6. The lowest BCUT2D eigenvalue weighted by molar-refractivity contribution is -0.139. The average molecular weight is 512 g/mol. The second kappa shape index (κ2) is 11.6. The Kier molecular flexibility index (Phi) is 8.53. The lowest BCUT2D eigenvalue weighted by Crippen LogP contribution is -2.41. The summed E-state index contributed by atoms with van der Waals surface area (Å²) in [4.78, 5) is 47.1. The first-order chi connectivity index (χ1) is 17.4. The van der Waals surface area contributed by atoms with Crippen LogP contribution in [0, 0.1) is 0 Å². The zero-order valence-corrected chi connectivity index (χ0v) is 21.1. The number of H-pyrrole nitrogens is 1. The number of carbonyl (C=O) groups excluding carboxylic acids is 2. The largest absolute Gasteiger partial charge is 0.480 e. The van der Waals surface area contributed by atoms with Crippen molar-refractivity contribution >= 4 is 40.8 Å². The van der Waals surface area contributed by atoms with Crippen LogP contribution in [0.5, 0.6) is 0 Å². The van der Waals surface area contributed by atoms with Crippen LogP contribution in [0.25, 0.3) is 11.0 Å². The molecule has 0 spiro atoms. The van der Waals surface area contributed by atoms with Crippen molar-refractivity contribution in [3.05, 3.63) is 47.2 Å². The Bertz CT molecular complexity index is 1260. The van der Waals surface area contributed by atoms with E-state index in [-0.39, 0.29) is 18.9 Å². The maximum absolute atomic E-state index is 12.6. The number of fused-ring (bicyclic) bond motifs is 1. The Morgan fingerprint density at radius 1 is 1.11 bits per heavy atom. The number of ether oxygens (including phenoxy) is 1. The molecule has 0 fully saturated rings. The molecule has 1 atom stereocenters. The second-order valence-electron chi connectivity index (χ2n) is 9.64. The number of aryl methyl sites for hydroxylation is 2. The van der Waals surface area contributed by atoms with Gasteiger partial charge in [-0.15, -0.1) is 0 Å². The number of rotatable bonds is 10. The van der Waals surface area contributed by atoms with Gasteiger partial charge >= 0.3 is 12.1 Å². The fourth-order valence-corrected chi connectivity index (χ4v) is 3.75. The van der Waals surface area contributed by atoms with Gasteiger partial charge in [0.1, 0.15) is 23.1 Å². The molecule has 8 N–H and O–H groups in total. The minimum absolute atomic E-state index is 0.106. The molecule has 0 unspecified atom stereocenters. The summed E-state index contributed by atoms with van der Waals surface area (Å²) in [6.45, 7) is 5.48. The van der Waals surface area contributed by atoms with Crippen molar-refractivity contribution in [2.45, 2.75) is 58.1 Å². The smallest absolute Gasteiger partial charge is 0.407 e. The van der Waals surface area contributed by atoms with Crippen molar-refractivity contribution < 1.29 is 24.2 Å². The average Bonchev–Trinajstić information content (AvgIpc) is 3.21. The number of aromatic nitrogens is 3. The van der Waals surface area contributed by atoms with Crippen LogP contribution in [0.2, 0.25) is 0 Å².